The molecule has 2 N–H and O–H groups in total. The van der Waals surface area contributed by atoms with Crippen molar-refractivity contribution in [3.05, 3.63) is 78.1 Å². The van der Waals surface area contributed by atoms with Gasteiger partial charge in [0.05, 0.1) is 12.2 Å². The second kappa shape index (κ2) is 10.9. The summed E-state index contributed by atoms with van der Waals surface area (Å²) in [5.41, 5.74) is 4.98. The van der Waals surface area contributed by atoms with Crippen molar-refractivity contribution in [1.29, 1.82) is 0 Å². The van der Waals surface area contributed by atoms with Crippen molar-refractivity contribution in [2.24, 2.45) is 4.99 Å². The van der Waals surface area contributed by atoms with Crippen LogP contribution in [0.15, 0.2) is 70.5 Å². The van der Waals surface area contributed by atoms with Crippen molar-refractivity contribution in [2.75, 3.05) is 13.1 Å². The van der Waals surface area contributed by atoms with Gasteiger partial charge in [0.25, 0.3) is 0 Å². The Hall–Kier alpha value is -2.88. The molecule has 0 aliphatic carbocycles. The Morgan fingerprint density at radius 2 is 1.90 bits per heavy atom. The van der Waals surface area contributed by atoms with Crippen molar-refractivity contribution < 1.29 is 4.42 Å². The number of nitrogens with one attached hydrogen (secondary N) is 2. The number of guanidine groups is 1. The Labute approximate surface area is 199 Å². The van der Waals surface area contributed by atoms with E-state index in [0.29, 0.717) is 12.4 Å². The highest BCUT2D eigenvalue weighted by atomic mass is 127. The van der Waals surface area contributed by atoms with Crippen LogP contribution >= 0.6 is 24.0 Å². The van der Waals surface area contributed by atoms with E-state index in [2.05, 4.69) is 38.7 Å². The van der Waals surface area contributed by atoms with Crippen LogP contribution in [0.2, 0.25) is 0 Å². The Morgan fingerprint density at radius 1 is 1.06 bits per heavy atom. The average Bonchev–Trinajstić information content (AvgIpc) is 3.39. The molecule has 7 nitrogen and oxygen atoms in total. The number of hydrogen-bond donors (Lipinski definition) is 2. The Bertz CT molecular complexity index is 1100. The molecule has 0 atom stereocenters. The summed E-state index contributed by atoms with van der Waals surface area (Å²) in [6.45, 7) is 6.07. The van der Waals surface area contributed by atoms with Crippen LogP contribution in [-0.4, -0.2) is 33.4 Å². The third-order valence-electron chi connectivity index (χ3n) is 4.68. The molecular formula is C23H27IN6O. The summed E-state index contributed by atoms with van der Waals surface area (Å²) in [5, 5.41) is 6.63. The smallest absolute Gasteiger partial charge is 0.226 e. The van der Waals surface area contributed by atoms with Crippen LogP contribution in [0.5, 0.6) is 0 Å². The minimum atomic E-state index is 0. The largest absolute Gasteiger partial charge is 0.444 e. The average molecular weight is 530 g/mol. The number of oxazole rings is 1. The van der Waals surface area contributed by atoms with E-state index in [9.17, 15) is 0 Å². The summed E-state index contributed by atoms with van der Waals surface area (Å²) in [4.78, 5) is 13.8. The first-order valence-electron chi connectivity index (χ1n) is 10.2. The molecular weight excluding hydrogens is 503 g/mol. The predicted octanol–water partition coefficient (Wildman–Crippen LogP) is 4.21. The van der Waals surface area contributed by atoms with Crippen LogP contribution < -0.4 is 10.6 Å². The highest BCUT2D eigenvalue weighted by Gasteiger charge is 2.07. The fourth-order valence-corrected chi connectivity index (χ4v) is 3.13. The molecule has 0 aliphatic rings. The maximum absolute atomic E-state index is 5.62. The zero-order valence-electron chi connectivity index (χ0n) is 17.7. The number of aromatic nitrogens is 3. The molecule has 8 heteroatoms. The van der Waals surface area contributed by atoms with Gasteiger partial charge in [-0.3, -0.25) is 0 Å². The molecule has 0 aliphatic heterocycles. The van der Waals surface area contributed by atoms with Gasteiger partial charge >= 0.3 is 0 Å². The normalized spacial score (nSPS) is 11.4. The quantitative estimate of drug-likeness (QED) is 0.213. The SMILES string of the molecule is CCNC(=NCc1coc(-c2ccc(C)cc2)n1)NCCc1cn2ccccc2n1.I. The van der Waals surface area contributed by atoms with Crippen LogP contribution in [0.3, 0.4) is 0 Å². The van der Waals surface area contributed by atoms with E-state index in [-0.39, 0.29) is 24.0 Å². The van der Waals surface area contributed by atoms with Gasteiger partial charge in [0.2, 0.25) is 5.89 Å². The van der Waals surface area contributed by atoms with Crippen LogP contribution in [-0.2, 0) is 13.0 Å². The topological polar surface area (TPSA) is 79.8 Å². The lowest BCUT2D eigenvalue weighted by molar-refractivity contribution is 0.572. The first-order valence-corrected chi connectivity index (χ1v) is 10.2. The van der Waals surface area contributed by atoms with Gasteiger partial charge in [-0.05, 0) is 38.1 Å². The van der Waals surface area contributed by atoms with Gasteiger partial charge in [-0.25, -0.2) is 15.0 Å². The number of hydrogen-bond acceptors (Lipinski definition) is 4. The fraction of sp³-hybridized carbons (Fsp3) is 0.261. The number of aliphatic imine (C=N–C) groups is 1. The third kappa shape index (κ3) is 6.06. The number of aryl methyl sites for hydroxylation is 1. The summed E-state index contributed by atoms with van der Waals surface area (Å²) in [6.07, 6.45) is 6.54. The summed E-state index contributed by atoms with van der Waals surface area (Å²) in [6, 6.07) is 14.1. The van der Waals surface area contributed by atoms with Gasteiger partial charge in [0.15, 0.2) is 5.96 Å². The van der Waals surface area contributed by atoms with Gasteiger partial charge < -0.3 is 19.5 Å². The maximum Gasteiger partial charge on any atom is 0.226 e. The van der Waals surface area contributed by atoms with E-state index >= 15 is 0 Å². The molecule has 1 aromatic carbocycles. The minimum Gasteiger partial charge on any atom is -0.444 e. The highest BCUT2D eigenvalue weighted by molar-refractivity contribution is 14.0. The van der Waals surface area contributed by atoms with Crippen molar-refractivity contribution in [3.8, 4) is 11.5 Å². The van der Waals surface area contributed by atoms with Gasteiger partial charge in [-0.15, -0.1) is 24.0 Å². The van der Waals surface area contributed by atoms with Crippen molar-refractivity contribution in [3.63, 3.8) is 0 Å². The second-order valence-electron chi connectivity index (χ2n) is 7.08. The Balaban J connectivity index is 0.00000272. The monoisotopic (exact) mass is 530 g/mol. The lowest BCUT2D eigenvalue weighted by Crippen LogP contribution is -2.38. The van der Waals surface area contributed by atoms with Crippen LogP contribution in [0.1, 0.15) is 23.9 Å². The molecule has 0 radical (unpaired) electrons. The second-order valence-corrected chi connectivity index (χ2v) is 7.08. The van der Waals surface area contributed by atoms with Crippen LogP contribution in [0, 0.1) is 6.92 Å². The highest BCUT2D eigenvalue weighted by Crippen LogP contribution is 2.19. The Kier molecular flexibility index (Phi) is 8.05. The van der Waals surface area contributed by atoms with Gasteiger partial charge in [-0.1, -0.05) is 23.8 Å². The zero-order chi connectivity index (χ0) is 20.8. The molecule has 3 heterocycles. The molecule has 0 amide bonds. The van der Waals surface area contributed by atoms with Crippen molar-refractivity contribution in [1.82, 2.24) is 25.0 Å². The lowest BCUT2D eigenvalue weighted by Gasteiger charge is -2.10. The standard InChI is InChI=1S/C23H26N6O.HI/c1-3-24-23(25-12-11-19-15-29-13-5-4-6-21(29)27-19)26-14-20-16-30-22(28-20)18-9-7-17(2)8-10-18;/h4-10,13,15-16H,3,11-12,14H2,1-2H3,(H2,24,25,26);1H. The van der Waals surface area contributed by atoms with Crippen LogP contribution in [0.4, 0.5) is 0 Å². The first-order chi connectivity index (χ1) is 14.7. The molecule has 0 bridgehead atoms. The van der Waals surface area contributed by atoms with E-state index in [4.69, 9.17) is 4.42 Å². The molecule has 3 aromatic heterocycles. The molecule has 31 heavy (non-hydrogen) atoms. The van der Waals surface area contributed by atoms with E-state index in [1.54, 1.807) is 6.26 Å². The van der Waals surface area contributed by atoms with Gasteiger partial charge in [0, 0.05) is 37.5 Å². The first kappa shape index (κ1) is 22.8. The molecule has 4 aromatic rings. The summed E-state index contributed by atoms with van der Waals surface area (Å²) < 4.78 is 7.65. The fourth-order valence-electron chi connectivity index (χ4n) is 3.13. The zero-order valence-corrected chi connectivity index (χ0v) is 20.0. The minimum absolute atomic E-state index is 0. The Morgan fingerprint density at radius 3 is 2.68 bits per heavy atom. The van der Waals surface area contributed by atoms with E-state index in [1.807, 2.05) is 60.0 Å². The molecule has 4 rings (SSSR count). The van der Waals surface area contributed by atoms with E-state index < -0.39 is 0 Å². The van der Waals surface area contributed by atoms with Crippen molar-refractivity contribution in [2.45, 2.75) is 26.8 Å². The summed E-state index contributed by atoms with van der Waals surface area (Å²) in [5.74, 6) is 1.37. The third-order valence-corrected chi connectivity index (χ3v) is 4.68. The van der Waals surface area contributed by atoms with Gasteiger partial charge in [0.1, 0.15) is 17.6 Å². The molecule has 0 fully saturated rings. The predicted molar refractivity (Wildman–Crippen MR) is 134 cm³/mol. The molecule has 0 saturated heterocycles. The lowest BCUT2D eigenvalue weighted by atomic mass is 10.1. The van der Waals surface area contributed by atoms with Gasteiger partial charge in [-0.2, -0.15) is 0 Å². The number of rotatable bonds is 7. The maximum atomic E-state index is 5.62. The number of nitrogens with zero attached hydrogens (tertiary/aromatic N) is 4. The number of pyridine rings is 1. The van der Waals surface area contributed by atoms with Crippen LogP contribution in [0.25, 0.3) is 17.1 Å². The molecule has 162 valence electrons. The number of benzene rings is 1. The van der Waals surface area contributed by atoms with E-state index in [0.717, 1.165) is 48.1 Å². The molecule has 0 saturated carbocycles. The van der Waals surface area contributed by atoms with Crippen molar-refractivity contribution >= 4 is 35.6 Å². The molecule has 0 unspecified atom stereocenters. The number of imidazole rings is 1. The summed E-state index contributed by atoms with van der Waals surface area (Å²) in [7, 11) is 0. The number of fused-ring (bicyclic) bond motifs is 1. The molecule has 0 spiro atoms. The summed E-state index contributed by atoms with van der Waals surface area (Å²) >= 11 is 0. The number of halogens is 1. The van der Waals surface area contributed by atoms with E-state index in [1.165, 1.54) is 5.56 Å².